The first-order valence-electron chi connectivity index (χ1n) is 6.87. The fourth-order valence-corrected chi connectivity index (χ4v) is 2.28. The molecule has 0 spiro atoms. The lowest BCUT2D eigenvalue weighted by molar-refractivity contribution is 0.0776. The van der Waals surface area contributed by atoms with E-state index in [-0.39, 0.29) is 0 Å². The molecule has 2 aromatic carbocycles. The Labute approximate surface area is 123 Å². The molecule has 110 valence electrons. The highest BCUT2D eigenvalue weighted by Crippen LogP contribution is 2.38. The average Bonchev–Trinajstić information content (AvgIpc) is 2.50. The number of nitrogen functional groups attached to an aromatic ring is 2. The summed E-state index contributed by atoms with van der Waals surface area (Å²) in [6.07, 6.45) is 0. The van der Waals surface area contributed by atoms with Crippen molar-refractivity contribution >= 4 is 11.4 Å². The highest BCUT2D eigenvalue weighted by molar-refractivity contribution is 5.79. The molecule has 0 aliphatic carbocycles. The van der Waals surface area contributed by atoms with Gasteiger partial charge in [0.2, 0.25) is 0 Å². The molecule has 0 bridgehead atoms. The zero-order valence-electron chi connectivity index (χ0n) is 11.7. The molecule has 0 radical (unpaired) electrons. The van der Waals surface area contributed by atoms with E-state index in [1.165, 1.54) is 0 Å². The molecule has 0 unspecified atom stereocenters. The van der Waals surface area contributed by atoms with Crippen molar-refractivity contribution in [3.05, 3.63) is 36.4 Å². The average molecular weight is 286 g/mol. The van der Waals surface area contributed by atoms with Gasteiger partial charge in [0.25, 0.3) is 0 Å². The fraction of sp³-hybridized carbons (Fsp3) is 0.250. The first-order valence-corrected chi connectivity index (χ1v) is 6.87. The topological polar surface area (TPSA) is 79.7 Å². The van der Waals surface area contributed by atoms with Gasteiger partial charge in [-0.2, -0.15) is 0 Å². The summed E-state index contributed by atoms with van der Waals surface area (Å²) in [6.45, 7) is 1.97. The summed E-state index contributed by atoms with van der Waals surface area (Å²) >= 11 is 0. The number of anilines is 2. The summed E-state index contributed by atoms with van der Waals surface area (Å²) in [6, 6.07) is 11.2. The van der Waals surface area contributed by atoms with E-state index < -0.39 is 0 Å². The predicted molar refractivity (Wildman–Crippen MR) is 82.5 cm³/mol. The van der Waals surface area contributed by atoms with Crippen molar-refractivity contribution in [2.24, 2.45) is 0 Å². The van der Waals surface area contributed by atoms with E-state index in [2.05, 4.69) is 0 Å². The third kappa shape index (κ3) is 3.03. The number of nitrogens with two attached hydrogens (primary N) is 2. The van der Waals surface area contributed by atoms with Gasteiger partial charge in [-0.3, -0.25) is 0 Å². The van der Waals surface area contributed by atoms with Crippen LogP contribution >= 0.6 is 0 Å². The maximum Gasteiger partial charge on any atom is 0.129 e. The van der Waals surface area contributed by atoms with E-state index in [1.54, 1.807) is 0 Å². The van der Waals surface area contributed by atoms with Crippen LogP contribution in [0.3, 0.4) is 0 Å². The SMILES string of the molecule is Nc1ccc2c(c1)OCCOCCOc1cc(N)ccc1-2. The Hall–Kier alpha value is -2.40. The minimum atomic E-state index is 0.473. The van der Waals surface area contributed by atoms with E-state index in [0.29, 0.717) is 37.8 Å². The van der Waals surface area contributed by atoms with Crippen LogP contribution in [0.25, 0.3) is 11.1 Å². The quantitative estimate of drug-likeness (QED) is 0.726. The van der Waals surface area contributed by atoms with Crippen LogP contribution in [-0.4, -0.2) is 26.4 Å². The number of rotatable bonds is 0. The van der Waals surface area contributed by atoms with E-state index in [1.807, 2.05) is 36.4 Å². The number of fused-ring (bicyclic) bond motifs is 3. The maximum absolute atomic E-state index is 5.85. The van der Waals surface area contributed by atoms with E-state index in [4.69, 9.17) is 25.7 Å². The Morgan fingerprint density at radius 3 is 1.62 bits per heavy atom. The fourth-order valence-electron chi connectivity index (χ4n) is 2.28. The molecule has 0 atom stereocenters. The number of benzene rings is 2. The van der Waals surface area contributed by atoms with Crippen LogP contribution < -0.4 is 20.9 Å². The zero-order chi connectivity index (χ0) is 14.7. The third-order valence-electron chi connectivity index (χ3n) is 3.27. The molecule has 3 rings (SSSR count). The highest BCUT2D eigenvalue weighted by atomic mass is 16.5. The molecule has 0 saturated carbocycles. The van der Waals surface area contributed by atoms with E-state index >= 15 is 0 Å². The minimum absolute atomic E-state index is 0.473. The van der Waals surface area contributed by atoms with Crippen molar-refractivity contribution in [3.8, 4) is 22.6 Å². The first kappa shape index (κ1) is 13.6. The van der Waals surface area contributed by atoms with Crippen LogP contribution in [-0.2, 0) is 4.74 Å². The van der Waals surface area contributed by atoms with E-state index in [0.717, 1.165) is 22.6 Å². The standard InChI is InChI=1S/C16H18N2O3/c17-11-1-3-13-14-4-2-12(18)10-16(14)21-8-6-19-5-7-20-15(13)9-11/h1-4,9-10H,5-8,17-18H2. The summed E-state index contributed by atoms with van der Waals surface area (Å²) < 4.78 is 17.0. The lowest BCUT2D eigenvalue weighted by Crippen LogP contribution is -2.11. The van der Waals surface area contributed by atoms with Gasteiger partial charge in [-0.1, -0.05) is 0 Å². The van der Waals surface area contributed by atoms with Crippen LogP contribution in [0.5, 0.6) is 11.5 Å². The molecule has 5 heteroatoms. The molecule has 0 amide bonds. The molecule has 1 aliphatic heterocycles. The minimum Gasteiger partial charge on any atom is -0.490 e. The molecule has 1 heterocycles. The molecule has 0 saturated heterocycles. The van der Waals surface area contributed by atoms with Gasteiger partial charge in [-0.25, -0.2) is 0 Å². The predicted octanol–water partition coefficient (Wildman–Crippen LogP) is 2.31. The second kappa shape index (κ2) is 5.93. The molecular formula is C16H18N2O3. The van der Waals surface area contributed by atoms with Crippen LogP contribution in [0.2, 0.25) is 0 Å². The first-order chi connectivity index (χ1) is 10.2. The molecule has 5 nitrogen and oxygen atoms in total. The second-order valence-electron chi connectivity index (χ2n) is 4.82. The summed E-state index contributed by atoms with van der Waals surface area (Å²) in [5.41, 5.74) is 14.9. The maximum atomic E-state index is 5.85. The normalized spacial score (nSPS) is 14.9. The Morgan fingerprint density at radius 2 is 1.14 bits per heavy atom. The van der Waals surface area contributed by atoms with Crippen LogP contribution in [0.1, 0.15) is 0 Å². The smallest absolute Gasteiger partial charge is 0.129 e. The molecule has 1 aliphatic rings. The van der Waals surface area contributed by atoms with Gasteiger partial charge >= 0.3 is 0 Å². The summed E-state index contributed by atoms with van der Waals surface area (Å²) in [5, 5.41) is 0. The van der Waals surface area contributed by atoms with Gasteiger partial charge in [0.15, 0.2) is 0 Å². The number of hydrogen-bond donors (Lipinski definition) is 2. The lowest BCUT2D eigenvalue weighted by Gasteiger charge is -2.15. The molecule has 0 aromatic heterocycles. The van der Waals surface area contributed by atoms with Crippen LogP contribution in [0.4, 0.5) is 11.4 Å². The van der Waals surface area contributed by atoms with Crippen molar-refractivity contribution in [3.63, 3.8) is 0 Å². The van der Waals surface area contributed by atoms with Gasteiger partial charge in [-0.05, 0) is 24.3 Å². The molecular weight excluding hydrogens is 268 g/mol. The monoisotopic (exact) mass is 286 g/mol. The number of ether oxygens (including phenoxy) is 3. The second-order valence-corrected chi connectivity index (χ2v) is 4.82. The Bertz CT molecular complexity index is 588. The summed E-state index contributed by atoms with van der Waals surface area (Å²) in [5.74, 6) is 1.44. The number of hydrogen-bond acceptors (Lipinski definition) is 5. The molecule has 21 heavy (non-hydrogen) atoms. The van der Waals surface area contributed by atoms with Crippen LogP contribution in [0.15, 0.2) is 36.4 Å². The van der Waals surface area contributed by atoms with Gasteiger partial charge < -0.3 is 25.7 Å². The van der Waals surface area contributed by atoms with Crippen molar-refractivity contribution < 1.29 is 14.2 Å². The molecule has 4 N–H and O–H groups in total. The highest BCUT2D eigenvalue weighted by Gasteiger charge is 2.14. The van der Waals surface area contributed by atoms with Crippen molar-refractivity contribution in [1.29, 1.82) is 0 Å². The molecule has 2 aromatic rings. The summed E-state index contributed by atoms with van der Waals surface area (Å²) in [4.78, 5) is 0. The van der Waals surface area contributed by atoms with Crippen molar-refractivity contribution in [2.75, 3.05) is 37.9 Å². The molecule has 0 fully saturated rings. The Balaban J connectivity index is 2.11. The largest absolute Gasteiger partial charge is 0.490 e. The van der Waals surface area contributed by atoms with Gasteiger partial charge in [-0.15, -0.1) is 0 Å². The zero-order valence-corrected chi connectivity index (χ0v) is 11.7. The summed E-state index contributed by atoms with van der Waals surface area (Å²) in [7, 11) is 0. The lowest BCUT2D eigenvalue weighted by atomic mass is 10.0. The van der Waals surface area contributed by atoms with Crippen LogP contribution in [0, 0.1) is 0 Å². The Kier molecular flexibility index (Phi) is 3.83. The van der Waals surface area contributed by atoms with Gasteiger partial charge in [0.1, 0.15) is 24.7 Å². The van der Waals surface area contributed by atoms with E-state index in [9.17, 15) is 0 Å². The van der Waals surface area contributed by atoms with Gasteiger partial charge in [0.05, 0.1) is 13.2 Å². The Morgan fingerprint density at radius 1 is 0.667 bits per heavy atom. The van der Waals surface area contributed by atoms with Crippen molar-refractivity contribution in [1.82, 2.24) is 0 Å². The third-order valence-corrected chi connectivity index (χ3v) is 3.27. The van der Waals surface area contributed by atoms with Gasteiger partial charge in [0, 0.05) is 34.6 Å². The van der Waals surface area contributed by atoms with Crippen molar-refractivity contribution in [2.45, 2.75) is 0 Å².